The summed E-state index contributed by atoms with van der Waals surface area (Å²) in [4.78, 5) is 9.00. The van der Waals surface area contributed by atoms with E-state index in [0.29, 0.717) is 5.92 Å². The van der Waals surface area contributed by atoms with E-state index in [-0.39, 0.29) is 12.6 Å². The van der Waals surface area contributed by atoms with Gasteiger partial charge in [-0.15, -0.1) is 0 Å². The minimum atomic E-state index is -3.06. The molecule has 0 aliphatic heterocycles. The average molecular weight is 180 g/mol. The number of nitrogens with one attached hydrogen (secondary N) is 1. The largest absolute Gasteiger partial charge is 0.343 e. The van der Waals surface area contributed by atoms with Crippen LogP contribution in [0.15, 0.2) is 0 Å². The molecule has 5 heteroatoms. The van der Waals surface area contributed by atoms with Gasteiger partial charge in [0.15, 0.2) is 0 Å². The molecule has 4 nitrogen and oxygen atoms in total. The Bertz CT molecular complexity index is 150. The van der Waals surface area contributed by atoms with E-state index in [2.05, 4.69) is 5.32 Å². The van der Waals surface area contributed by atoms with Crippen molar-refractivity contribution in [2.24, 2.45) is 11.7 Å². The van der Waals surface area contributed by atoms with Crippen LogP contribution < -0.4 is 11.1 Å². The fraction of sp³-hybridized carbons (Fsp3) is 1.00. The van der Waals surface area contributed by atoms with Crippen molar-refractivity contribution in [2.45, 2.75) is 13.8 Å². The van der Waals surface area contributed by atoms with Crippen molar-refractivity contribution in [3.8, 4) is 0 Å². The molecule has 0 bridgehead atoms. The Morgan fingerprint density at radius 3 is 2.55 bits per heavy atom. The van der Waals surface area contributed by atoms with E-state index in [0.717, 1.165) is 6.54 Å². The summed E-state index contributed by atoms with van der Waals surface area (Å²) < 4.78 is 10.9. The van der Waals surface area contributed by atoms with Crippen LogP contribution in [-0.4, -0.2) is 24.0 Å². The molecule has 0 aliphatic carbocycles. The highest BCUT2D eigenvalue weighted by Crippen LogP contribution is 2.35. The Hall–Kier alpha value is 0.110. The van der Waals surface area contributed by atoms with Crippen LogP contribution in [0, 0.1) is 5.92 Å². The van der Waals surface area contributed by atoms with Crippen molar-refractivity contribution in [1.82, 2.24) is 5.32 Å². The Labute approximate surface area is 67.6 Å². The summed E-state index contributed by atoms with van der Waals surface area (Å²) in [6.07, 6.45) is -0.0141. The summed E-state index contributed by atoms with van der Waals surface area (Å²) in [5, 5.41) is 2.88. The summed E-state index contributed by atoms with van der Waals surface area (Å²) in [6, 6.07) is 0. The third kappa shape index (κ3) is 6.51. The molecule has 0 radical (unpaired) electrons. The fourth-order valence-electron chi connectivity index (χ4n) is 0.592. The zero-order valence-corrected chi connectivity index (χ0v) is 7.97. The van der Waals surface area contributed by atoms with Crippen LogP contribution in [0.5, 0.6) is 0 Å². The lowest BCUT2D eigenvalue weighted by atomic mass is 10.2. The zero-order valence-electron chi connectivity index (χ0n) is 7.08. The first kappa shape index (κ1) is 11.1. The standard InChI is InChI=1S/C6H17N2O2P/c1-6(2)3-8-5-11(9,10)4-7/h6,8H,3-5,7H2,1-2H3,(H,9,10). The number of hydrogen-bond donors (Lipinski definition) is 3. The van der Waals surface area contributed by atoms with Gasteiger partial charge in [-0.05, 0) is 12.5 Å². The van der Waals surface area contributed by atoms with E-state index in [4.69, 9.17) is 10.6 Å². The van der Waals surface area contributed by atoms with Crippen molar-refractivity contribution >= 4 is 7.37 Å². The first-order chi connectivity index (χ1) is 4.98. The molecule has 0 amide bonds. The highest BCUT2D eigenvalue weighted by Gasteiger charge is 2.13. The van der Waals surface area contributed by atoms with Crippen LogP contribution in [0.3, 0.4) is 0 Å². The molecule has 0 saturated carbocycles. The van der Waals surface area contributed by atoms with Crippen molar-refractivity contribution in [2.75, 3.05) is 19.1 Å². The van der Waals surface area contributed by atoms with Gasteiger partial charge >= 0.3 is 0 Å². The lowest BCUT2D eigenvalue weighted by Gasteiger charge is -2.11. The molecule has 0 rings (SSSR count). The molecule has 68 valence electrons. The predicted molar refractivity (Wildman–Crippen MR) is 46.6 cm³/mol. The minimum Gasteiger partial charge on any atom is -0.343 e. The van der Waals surface area contributed by atoms with Crippen molar-refractivity contribution < 1.29 is 9.46 Å². The molecule has 1 unspecified atom stereocenters. The predicted octanol–water partition coefficient (Wildman–Crippen LogP) is 0.376. The van der Waals surface area contributed by atoms with Gasteiger partial charge in [0.25, 0.3) is 0 Å². The summed E-state index contributed by atoms with van der Waals surface area (Å²) in [5.41, 5.74) is 5.07. The van der Waals surface area contributed by atoms with E-state index in [1.54, 1.807) is 0 Å². The Kier molecular flexibility index (Phi) is 4.93. The molecule has 0 aromatic rings. The Balaban J connectivity index is 3.46. The SMILES string of the molecule is CC(C)CNCP(=O)(O)CN. The van der Waals surface area contributed by atoms with Gasteiger partial charge in [-0.2, -0.15) is 0 Å². The van der Waals surface area contributed by atoms with E-state index >= 15 is 0 Å². The number of hydrogen-bond acceptors (Lipinski definition) is 3. The molecule has 0 heterocycles. The molecule has 4 N–H and O–H groups in total. The summed E-state index contributed by atoms with van der Waals surface area (Å²) >= 11 is 0. The van der Waals surface area contributed by atoms with Gasteiger partial charge in [-0.1, -0.05) is 13.8 Å². The van der Waals surface area contributed by atoms with Crippen molar-refractivity contribution in [3.63, 3.8) is 0 Å². The summed E-state index contributed by atoms with van der Waals surface area (Å²) in [6.45, 7) is 4.83. The second-order valence-corrected chi connectivity index (χ2v) is 5.41. The van der Waals surface area contributed by atoms with E-state index in [9.17, 15) is 4.57 Å². The van der Waals surface area contributed by atoms with E-state index in [1.807, 2.05) is 13.8 Å². The van der Waals surface area contributed by atoms with Crippen LogP contribution >= 0.6 is 7.37 Å². The molecule has 0 aliphatic rings. The smallest absolute Gasteiger partial charge is 0.227 e. The monoisotopic (exact) mass is 180 g/mol. The first-order valence-electron chi connectivity index (χ1n) is 3.69. The van der Waals surface area contributed by atoms with E-state index < -0.39 is 7.37 Å². The molecule has 0 aromatic heterocycles. The van der Waals surface area contributed by atoms with Gasteiger partial charge in [-0.25, -0.2) is 0 Å². The van der Waals surface area contributed by atoms with Gasteiger partial charge < -0.3 is 15.9 Å². The molecule has 0 spiro atoms. The van der Waals surface area contributed by atoms with Gasteiger partial charge in [0.2, 0.25) is 7.37 Å². The molecule has 11 heavy (non-hydrogen) atoms. The fourth-order valence-corrected chi connectivity index (χ4v) is 1.20. The Morgan fingerprint density at radius 1 is 1.64 bits per heavy atom. The quantitative estimate of drug-likeness (QED) is 0.534. The average Bonchev–Trinajstić information content (AvgIpc) is 1.87. The molecule has 1 atom stereocenters. The lowest BCUT2D eigenvalue weighted by molar-refractivity contribution is 0.467. The molecule has 0 aromatic carbocycles. The van der Waals surface area contributed by atoms with Crippen LogP contribution in [0.25, 0.3) is 0 Å². The first-order valence-corrected chi connectivity index (χ1v) is 5.72. The maximum absolute atomic E-state index is 10.9. The Morgan fingerprint density at radius 2 is 2.18 bits per heavy atom. The maximum Gasteiger partial charge on any atom is 0.227 e. The lowest BCUT2D eigenvalue weighted by Crippen LogP contribution is -2.22. The van der Waals surface area contributed by atoms with Crippen LogP contribution in [-0.2, 0) is 4.57 Å². The molecule has 0 fully saturated rings. The highest BCUT2D eigenvalue weighted by atomic mass is 31.2. The second kappa shape index (κ2) is 4.88. The van der Waals surface area contributed by atoms with Crippen molar-refractivity contribution in [3.05, 3.63) is 0 Å². The van der Waals surface area contributed by atoms with Gasteiger partial charge in [0, 0.05) is 0 Å². The third-order valence-corrected chi connectivity index (χ3v) is 2.49. The van der Waals surface area contributed by atoms with Gasteiger partial charge in [0.1, 0.15) is 0 Å². The third-order valence-electron chi connectivity index (χ3n) is 1.20. The number of rotatable bonds is 5. The summed E-state index contributed by atoms with van der Waals surface area (Å²) in [7, 11) is -3.06. The summed E-state index contributed by atoms with van der Waals surface area (Å²) in [5.74, 6) is 0.493. The van der Waals surface area contributed by atoms with Crippen LogP contribution in [0.4, 0.5) is 0 Å². The second-order valence-electron chi connectivity index (χ2n) is 3.03. The zero-order chi connectivity index (χ0) is 8.91. The molecular formula is C6H17N2O2P. The molecular weight excluding hydrogens is 163 g/mol. The number of nitrogens with two attached hydrogens (primary N) is 1. The van der Waals surface area contributed by atoms with Crippen molar-refractivity contribution in [1.29, 1.82) is 0 Å². The van der Waals surface area contributed by atoms with Crippen LogP contribution in [0.1, 0.15) is 13.8 Å². The van der Waals surface area contributed by atoms with E-state index in [1.165, 1.54) is 0 Å². The van der Waals surface area contributed by atoms with Crippen LogP contribution in [0.2, 0.25) is 0 Å². The topological polar surface area (TPSA) is 75.3 Å². The molecule has 0 saturated heterocycles. The highest BCUT2D eigenvalue weighted by molar-refractivity contribution is 7.57. The normalized spacial score (nSPS) is 16.8. The minimum absolute atomic E-state index is 0.127. The maximum atomic E-state index is 10.9. The van der Waals surface area contributed by atoms with Gasteiger partial charge in [-0.3, -0.25) is 4.57 Å². The van der Waals surface area contributed by atoms with Gasteiger partial charge in [0.05, 0.1) is 12.6 Å².